The van der Waals surface area contributed by atoms with Crippen molar-refractivity contribution in [3.63, 3.8) is 0 Å². The van der Waals surface area contributed by atoms with E-state index in [2.05, 4.69) is 10.2 Å². The first-order chi connectivity index (χ1) is 13.6. The lowest BCUT2D eigenvalue weighted by atomic mass is 10.2. The van der Waals surface area contributed by atoms with Crippen molar-refractivity contribution in [2.75, 3.05) is 17.2 Å². The van der Waals surface area contributed by atoms with Crippen molar-refractivity contribution in [2.45, 2.75) is 25.0 Å². The van der Waals surface area contributed by atoms with Crippen LogP contribution in [0.25, 0.3) is 11.6 Å². The number of hydrogen-bond acceptors (Lipinski definition) is 6. The van der Waals surface area contributed by atoms with E-state index in [0.717, 1.165) is 0 Å². The molecule has 0 radical (unpaired) electrons. The van der Waals surface area contributed by atoms with Crippen molar-refractivity contribution in [3.05, 3.63) is 48.5 Å². The summed E-state index contributed by atoms with van der Waals surface area (Å²) in [6, 6.07) is 11.2. The maximum atomic E-state index is 13.2. The summed E-state index contributed by atoms with van der Waals surface area (Å²) in [6.45, 7) is 2.81. The number of rotatable bonds is 8. The molecule has 1 amide bonds. The van der Waals surface area contributed by atoms with E-state index in [1.54, 1.807) is 18.4 Å². The molecule has 0 bridgehead atoms. The highest BCUT2D eigenvalue weighted by molar-refractivity contribution is 7.99. The molecule has 0 aliphatic rings. The number of amides is 1. The second-order valence-electron chi connectivity index (χ2n) is 5.75. The Morgan fingerprint density at radius 2 is 2.11 bits per heavy atom. The summed E-state index contributed by atoms with van der Waals surface area (Å²) in [5.74, 6) is 0.736. The van der Waals surface area contributed by atoms with Crippen LogP contribution in [0.4, 0.5) is 10.1 Å². The lowest BCUT2D eigenvalue weighted by Crippen LogP contribution is -2.33. The Kier molecular flexibility index (Phi) is 6.45. The van der Waals surface area contributed by atoms with Gasteiger partial charge in [-0.25, -0.2) is 4.39 Å². The van der Waals surface area contributed by atoms with Crippen LogP contribution >= 0.6 is 11.8 Å². The van der Waals surface area contributed by atoms with E-state index in [1.165, 1.54) is 40.9 Å². The van der Waals surface area contributed by atoms with Crippen molar-refractivity contribution < 1.29 is 13.6 Å². The first-order valence-corrected chi connectivity index (χ1v) is 9.65. The molecule has 0 atom stereocenters. The Morgan fingerprint density at radius 3 is 2.75 bits per heavy atom. The van der Waals surface area contributed by atoms with Crippen LogP contribution in [0.3, 0.4) is 0 Å². The van der Waals surface area contributed by atoms with E-state index in [9.17, 15) is 9.18 Å². The average molecular weight is 399 g/mol. The first kappa shape index (κ1) is 19.6. The van der Waals surface area contributed by atoms with Crippen LogP contribution in [0.5, 0.6) is 0 Å². The van der Waals surface area contributed by atoms with Gasteiger partial charge in [0.2, 0.25) is 5.91 Å². The van der Waals surface area contributed by atoms with Gasteiger partial charge < -0.3 is 9.32 Å². The van der Waals surface area contributed by atoms with E-state index in [4.69, 9.17) is 9.68 Å². The zero-order valence-electron chi connectivity index (χ0n) is 15.2. The molecule has 0 fully saturated rings. The molecule has 0 aliphatic heterocycles. The third-order valence-electron chi connectivity index (χ3n) is 3.99. The molecule has 0 spiro atoms. The number of nitrogens with zero attached hydrogens (tertiary/aromatic N) is 5. The lowest BCUT2D eigenvalue weighted by molar-refractivity contribution is -0.116. The summed E-state index contributed by atoms with van der Waals surface area (Å²) in [7, 11) is 0. The van der Waals surface area contributed by atoms with Gasteiger partial charge in [0.1, 0.15) is 5.82 Å². The summed E-state index contributed by atoms with van der Waals surface area (Å²) in [5, 5.41) is 17.8. The second kappa shape index (κ2) is 9.19. The third kappa shape index (κ3) is 4.40. The number of carbonyl (C=O) groups is 1. The average Bonchev–Trinajstić information content (AvgIpc) is 3.37. The van der Waals surface area contributed by atoms with Gasteiger partial charge in [0.15, 0.2) is 16.7 Å². The Bertz CT molecular complexity index is 963. The quantitative estimate of drug-likeness (QED) is 0.536. The minimum atomic E-state index is -0.382. The van der Waals surface area contributed by atoms with E-state index in [0.29, 0.717) is 29.0 Å². The van der Waals surface area contributed by atoms with E-state index in [1.807, 2.05) is 17.6 Å². The van der Waals surface area contributed by atoms with Crippen molar-refractivity contribution >= 4 is 23.4 Å². The number of anilines is 1. The molecule has 0 unspecified atom stereocenters. The Labute approximate surface area is 165 Å². The van der Waals surface area contributed by atoms with E-state index >= 15 is 0 Å². The van der Waals surface area contributed by atoms with Crippen LogP contribution in [-0.4, -0.2) is 33.0 Å². The zero-order valence-corrected chi connectivity index (χ0v) is 16.0. The zero-order chi connectivity index (χ0) is 19.9. The predicted octanol–water partition coefficient (Wildman–Crippen LogP) is 3.74. The highest BCUT2D eigenvalue weighted by atomic mass is 32.2. The van der Waals surface area contributed by atoms with Crippen LogP contribution in [0.1, 0.15) is 13.3 Å². The van der Waals surface area contributed by atoms with E-state index < -0.39 is 0 Å². The molecule has 28 heavy (non-hydrogen) atoms. The Morgan fingerprint density at radius 1 is 1.32 bits per heavy atom. The van der Waals surface area contributed by atoms with Crippen LogP contribution < -0.4 is 4.90 Å². The van der Waals surface area contributed by atoms with Gasteiger partial charge in [-0.3, -0.25) is 9.36 Å². The van der Waals surface area contributed by atoms with Crippen molar-refractivity contribution in [2.24, 2.45) is 0 Å². The first-order valence-electron chi connectivity index (χ1n) is 8.66. The number of furan rings is 1. The Hall–Kier alpha value is -3.12. The molecule has 144 valence electrons. The minimum Gasteiger partial charge on any atom is -0.461 e. The molecular formula is C19H18FN5O2S. The number of nitriles is 1. The predicted molar refractivity (Wildman–Crippen MR) is 103 cm³/mol. The Balaban J connectivity index is 1.74. The van der Waals surface area contributed by atoms with Gasteiger partial charge in [-0.05, 0) is 43.3 Å². The molecule has 2 heterocycles. The smallest absolute Gasteiger partial charge is 0.237 e. The lowest BCUT2D eigenvalue weighted by Gasteiger charge is -2.21. The summed E-state index contributed by atoms with van der Waals surface area (Å²) in [4.78, 5) is 14.3. The maximum Gasteiger partial charge on any atom is 0.237 e. The molecular weight excluding hydrogens is 381 g/mol. The molecule has 7 nitrogen and oxygen atoms in total. The number of thioether (sulfide) groups is 1. The van der Waals surface area contributed by atoms with Gasteiger partial charge in [-0.2, -0.15) is 5.26 Å². The van der Waals surface area contributed by atoms with Crippen LogP contribution in [0, 0.1) is 17.1 Å². The molecule has 3 rings (SSSR count). The summed E-state index contributed by atoms with van der Waals surface area (Å²) in [5.41, 5.74) is 0.551. The fourth-order valence-corrected chi connectivity index (χ4v) is 3.53. The van der Waals surface area contributed by atoms with E-state index in [-0.39, 0.29) is 30.4 Å². The fourth-order valence-electron chi connectivity index (χ4n) is 2.65. The van der Waals surface area contributed by atoms with Gasteiger partial charge in [0, 0.05) is 18.8 Å². The normalized spacial score (nSPS) is 10.6. The molecule has 0 saturated carbocycles. The molecule has 0 N–H and O–H groups in total. The van der Waals surface area contributed by atoms with Crippen LogP contribution in [0.2, 0.25) is 0 Å². The number of benzene rings is 1. The monoisotopic (exact) mass is 399 g/mol. The summed E-state index contributed by atoms with van der Waals surface area (Å²) >= 11 is 1.26. The van der Waals surface area contributed by atoms with Crippen molar-refractivity contribution in [1.82, 2.24) is 14.8 Å². The number of hydrogen-bond donors (Lipinski definition) is 0. The highest BCUT2D eigenvalue weighted by Gasteiger charge is 2.20. The SMILES string of the molecule is CCn1c(SCC(=O)N(CCC#N)c2ccc(F)cc2)nnc1-c1ccco1. The third-order valence-corrected chi connectivity index (χ3v) is 4.94. The number of carbonyl (C=O) groups excluding carboxylic acids is 1. The second-order valence-corrected chi connectivity index (χ2v) is 6.69. The topological polar surface area (TPSA) is 88.0 Å². The molecule has 3 aromatic rings. The maximum absolute atomic E-state index is 13.2. The van der Waals surface area contributed by atoms with Crippen LogP contribution in [-0.2, 0) is 11.3 Å². The van der Waals surface area contributed by atoms with Gasteiger partial charge in [0.05, 0.1) is 24.5 Å². The highest BCUT2D eigenvalue weighted by Crippen LogP contribution is 2.25. The van der Waals surface area contributed by atoms with Gasteiger partial charge in [-0.1, -0.05) is 11.8 Å². The van der Waals surface area contributed by atoms with Gasteiger partial charge in [0.25, 0.3) is 0 Å². The fraction of sp³-hybridized carbons (Fsp3) is 0.263. The largest absolute Gasteiger partial charge is 0.461 e. The number of aromatic nitrogens is 3. The van der Waals surface area contributed by atoms with Crippen LogP contribution in [0.15, 0.2) is 52.2 Å². The molecule has 9 heteroatoms. The molecule has 0 saturated heterocycles. The molecule has 2 aromatic heterocycles. The molecule has 0 aliphatic carbocycles. The summed E-state index contributed by atoms with van der Waals surface area (Å²) in [6.07, 6.45) is 1.75. The number of halogens is 1. The van der Waals surface area contributed by atoms with Gasteiger partial charge >= 0.3 is 0 Å². The van der Waals surface area contributed by atoms with Gasteiger partial charge in [-0.15, -0.1) is 10.2 Å². The minimum absolute atomic E-state index is 0.110. The molecule has 1 aromatic carbocycles. The van der Waals surface area contributed by atoms with Crippen molar-refractivity contribution in [3.8, 4) is 17.7 Å². The standard InChI is InChI=1S/C19H18FN5O2S/c1-2-24-18(16-5-3-12-27-16)22-23-19(24)28-13-17(26)25(11-4-10-21)15-8-6-14(20)7-9-15/h3,5-9,12H,2,4,11,13H2,1H3. The summed E-state index contributed by atoms with van der Waals surface area (Å²) < 4.78 is 20.4. The van der Waals surface area contributed by atoms with Crippen molar-refractivity contribution in [1.29, 1.82) is 5.26 Å².